The van der Waals surface area contributed by atoms with E-state index in [4.69, 9.17) is 9.47 Å². The van der Waals surface area contributed by atoms with Gasteiger partial charge in [0.25, 0.3) is 0 Å². The van der Waals surface area contributed by atoms with Crippen LogP contribution in [0.3, 0.4) is 0 Å². The van der Waals surface area contributed by atoms with Crippen molar-refractivity contribution in [2.75, 3.05) is 14.2 Å². The van der Waals surface area contributed by atoms with Crippen molar-refractivity contribution in [2.24, 2.45) is 0 Å². The highest BCUT2D eigenvalue weighted by Gasteiger charge is 2.10. The summed E-state index contributed by atoms with van der Waals surface area (Å²) in [7, 11) is 3.30. The Morgan fingerprint density at radius 2 is 0.733 bits per heavy atom. The molecule has 4 rings (SSSR count). The van der Waals surface area contributed by atoms with Crippen LogP contribution in [0.1, 0.15) is 15.9 Å². The van der Waals surface area contributed by atoms with Gasteiger partial charge in [0.15, 0.2) is 5.78 Å². The molecule has 148 valence electrons. The molecule has 0 heterocycles. The third kappa shape index (κ3) is 4.11. The van der Waals surface area contributed by atoms with Crippen molar-refractivity contribution in [3.05, 3.63) is 108 Å². The SMILES string of the molecule is COc1ccc(-c2ccc(C(=O)c3ccc(-c4ccc(OC)cc4)cc3)cc2)cc1. The number of methoxy groups -OCH3 is 2. The van der Waals surface area contributed by atoms with Crippen molar-refractivity contribution < 1.29 is 14.3 Å². The first-order valence-corrected chi connectivity index (χ1v) is 9.71. The summed E-state index contributed by atoms with van der Waals surface area (Å²) in [4.78, 5) is 12.9. The van der Waals surface area contributed by atoms with Gasteiger partial charge in [-0.2, -0.15) is 0 Å². The molecule has 0 aliphatic carbocycles. The number of benzene rings is 4. The number of carbonyl (C=O) groups is 1. The lowest BCUT2D eigenvalue weighted by Crippen LogP contribution is -2.00. The molecule has 0 amide bonds. The van der Waals surface area contributed by atoms with E-state index in [1.54, 1.807) is 14.2 Å². The Morgan fingerprint density at radius 3 is 1.00 bits per heavy atom. The monoisotopic (exact) mass is 394 g/mol. The lowest BCUT2D eigenvalue weighted by molar-refractivity contribution is 0.103. The van der Waals surface area contributed by atoms with Gasteiger partial charge in [0.1, 0.15) is 11.5 Å². The second kappa shape index (κ2) is 8.66. The normalized spacial score (nSPS) is 10.5. The molecular formula is C27H22O3. The molecule has 0 fully saturated rings. The highest BCUT2D eigenvalue weighted by Crippen LogP contribution is 2.25. The van der Waals surface area contributed by atoms with Crippen molar-refractivity contribution in [1.82, 2.24) is 0 Å². The molecule has 0 saturated heterocycles. The van der Waals surface area contributed by atoms with Gasteiger partial charge >= 0.3 is 0 Å². The number of ether oxygens (including phenoxy) is 2. The van der Waals surface area contributed by atoms with E-state index in [9.17, 15) is 4.79 Å². The molecule has 0 N–H and O–H groups in total. The largest absolute Gasteiger partial charge is 0.497 e. The summed E-state index contributed by atoms with van der Waals surface area (Å²) in [6.45, 7) is 0. The summed E-state index contributed by atoms with van der Waals surface area (Å²) in [6.07, 6.45) is 0. The van der Waals surface area contributed by atoms with E-state index in [1.807, 2.05) is 97.1 Å². The second-order valence-corrected chi connectivity index (χ2v) is 6.94. The molecule has 3 heteroatoms. The maximum Gasteiger partial charge on any atom is 0.193 e. The molecule has 4 aromatic rings. The first-order chi connectivity index (χ1) is 14.7. The molecule has 0 aliphatic rings. The number of carbonyl (C=O) groups excluding carboxylic acids is 1. The van der Waals surface area contributed by atoms with Gasteiger partial charge in [0.2, 0.25) is 0 Å². The number of hydrogen-bond acceptors (Lipinski definition) is 3. The van der Waals surface area contributed by atoms with Gasteiger partial charge in [-0.25, -0.2) is 0 Å². The fraction of sp³-hybridized carbons (Fsp3) is 0.0741. The van der Waals surface area contributed by atoms with Crippen molar-refractivity contribution in [3.63, 3.8) is 0 Å². The Morgan fingerprint density at radius 1 is 0.467 bits per heavy atom. The van der Waals surface area contributed by atoms with Gasteiger partial charge in [0.05, 0.1) is 14.2 Å². The van der Waals surface area contributed by atoms with Gasteiger partial charge in [-0.1, -0.05) is 72.8 Å². The zero-order valence-electron chi connectivity index (χ0n) is 17.0. The van der Waals surface area contributed by atoms with Crippen molar-refractivity contribution in [3.8, 4) is 33.8 Å². The van der Waals surface area contributed by atoms with Crippen LogP contribution in [0.25, 0.3) is 22.3 Å². The van der Waals surface area contributed by atoms with Crippen LogP contribution in [0.15, 0.2) is 97.1 Å². The van der Waals surface area contributed by atoms with E-state index in [1.165, 1.54) is 0 Å². The van der Waals surface area contributed by atoms with Gasteiger partial charge < -0.3 is 9.47 Å². The third-order valence-corrected chi connectivity index (χ3v) is 5.14. The molecule has 0 saturated carbocycles. The topological polar surface area (TPSA) is 35.5 Å². The van der Waals surface area contributed by atoms with E-state index in [0.717, 1.165) is 33.8 Å². The first-order valence-electron chi connectivity index (χ1n) is 9.71. The Hall–Kier alpha value is -3.85. The summed E-state index contributed by atoms with van der Waals surface area (Å²) in [5.41, 5.74) is 5.62. The molecule has 0 unspecified atom stereocenters. The van der Waals surface area contributed by atoms with Crippen LogP contribution < -0.4 is 9.47 Å². The maximum absolute atomic E-state index is 12.9. The average Bonchev–Trinajstić information content (AvgIpc) is 2.84. The predicted molar refractivity (Wildman–Crippen MR) is 120 cm³/mol. The molecule has 0 aliphatic heterocycles. The number of ketones is 1. The quantitative estimate of drug-likeness (QED) is 0.362. The summed E-state index contributed by atoms with van der Waals surface area (Å²) in [5, 5.41) is 0. The fourth-order valence-corrected chi connectivity index (χ4v) is 3.36. The minimum atomic E-state index is 0.0116. The Bertz CT molecular complexity index is 1030. The summed E-state index contributed by atoms with van der Waals surface area (Å²) >= 11 is 0. The highest BCUT2D eigenvalue weighted by atomic mass is 16.5. The van der Waals surface area contributed by atoms with Crippen LogP contribution in [-0.2, 0) is 0 Å². The van der Waals surface area contributed by atoms with Crippen LogP contribution in [0.5, 0.6) is 11.5 Å². The standard InChI is InChI=1S/C27H22O3/c1-29-25-15-11-21(12-16-25)19-3-7-23(8-4-19)27(28)24-9-5-20(6-10-24)22-13-17-26(30-2)18-14-22/h3-18H,1-2H3. The van der Waals surface area contributed by atoms with E-state index < -0.39 is 0 Å². The molecule has 3 nitrogen and oxygen atoms in total. The number of hydrogen-bond donors (Lipinski definition) is 0. The van der Waals surface area contributed by atoms with E-state index in [-0.39, 0.29) is 5.78 Å². The molecule has 0 spiro atoms. The van der Waals surface area contributed by atoms with Crippen LogP contribution >= 0.6 is 0 Å². The average molecular weight is 394 g/mol. The predicted octanol–water partition coefficient (Wildman–Crippen LogP) is 6.27. The summed E-state index contributed by atoms with van der Waals surface area (Å²) in [6, 6.07) is 31.1. The highest BCUT2D eigenvalue weighted by molar-refractivity contribution is 6.09. The second-order valence-electron chi connectivity index (χ2n) is 6.94. The molecular weight excluding hydrogens is 372 g/mol. The summed E-state index contributed by atoms with van der Waals surface area (Å²) in [5.74, 6) is 1.66. The van der Waals surface area contributed by atoms with Gasteiger partial charge in [-0.15, -0.1) is 0 Å². The molecule has 0 atom stereocenters. The zero-order valence-corrected chi connectivity index (χ0v) is 17.0. The van der Waals surface area contributed by atoms with Gasteiger partial charge in [-0.05, 0) is 46.5 Å². The van der Waals surface area contributed by atoms with Crippen LogP contribution in [0.4, 0.5) is 0 Å². The van der Waals surface area contributed by atoms with E-state index in [2.05, 4.69) is 0 Å². The van der Waals surface area contributed by atoms with Crippen LogP contribution in [0, 0.1) is 0 Å². The minimum absolute atomic E-state index is 0.0116. The number of rotatable bonds is 6. The smallest absolute Gasteiger partial charge is 0.193 e. The van der Waals surface area contributed by atoms with Gasteiger partial charge in [-0.3, -0.25) is 4.79 Å². The Balaban J connectivity index is 1.50. The van der Waals surface area contributed by atoms with Crippen LogP contribution in [0.2, 0.25) is 0 Å². The molecule has 30 heavy (non-hydrogen) atoms. The molecule has 0 bridgehead atoms. The van der Waals surface area contributed by atoms with Crippen LogP contribution in [-0.4, -0.2) is 20.0 Å². The third-order valence-electron chi connectivity index (χ3n) is 5.14. The Kier molecular flexibility index (Phi) is 5.62. The molecule has 0 aromatic heterocycles. The lowest BCUT2D eigenvalue weighted by Gasteiger charge is -2.07. The minimum Gasteiger partial charge on any atom is -0.497 e. The molecule has 0 radical (unpaired) electrons. The summed E-state index contributed by atoms with van der Waals surface area (Å²) < 4.78 is 10.4. The zero-order chi connectivity index (χ0) is 20.9. The first kappa shape index (κ1) is 19.5. The maximum atomic E-state index is 12.9. The fourth-order valence-electron chi connectivity index (χ4n) is 3.36. The lowest BCUT2D eigenvalue weighted by atomic mass is 9.97. The van der Waals surface area contributed by atoms with Crippen molar-refractivity contribution in [1.29, 1.82) is 0 Å². The van der Waals surface area contributed by atoms with E-state index in [0.29, 0.717) is 11.1 Å². The molecule has 4 aromatic carbocycles. The van der Waals surface area contributed by atoms with Crippen molar-refractivity contribution >= 4 is 5.78 Å². The van der Waals surface area contributed by atoms with E-state index >= 15 is 0 Å². The Labute approximate surface area is 176 Å². The van der Waals surface area contributed by atoms with Gasteiger partial charge in [0, 0.05) is 11.1 Å². The van der Waals surface area contributed by atoms with Crippen molar-refractivity contribution in [2.45, 2.75) is 0 Å².